The fourth-order valence-electron chi connectivity index (χ4n) is 3.60. The molecule has 6 heteroatoms. The van der Waals surface area contributed by atoms with Gasteiger partial charge < -0.3 is 19.7 Å². The maximum absolute atomic E-state index is 12.8. The number of carbonyl (C=O) groups is 2. The van der Waals surface area contributed by atoms with Gasteiger partial charge in [0.25, 0.3) is 5.91 Å². The number of benzene rings is 1. The summed E-state index contributed by atoms with van der Waals surface area (Å²) in [6.45, 7) is -0.0219. The molecule has 2 saturated carbocycles. The highest BCUT2D eigenvalue weighted by atomic mass is 16.5. The van der Waals surface area contributed by atoms with Crippen LogP contribution in [0.15, 0.2) is 24.3 Å². The van der Waals surface area contributed by atoms with Crippen molar-refractivity contribution in [3.05, 3.63) is 29.8 Å². The molecule has 3 fully saturated rings. The van der Waals surface area contributed by atoms with Crippen LogP contribution >= 0.6 is 0 Å². The van der Waals surface area contributed by atoms with Gasteiger partial charge >= 0.3 is 0 Å². The zero-order valence-corrected chi connectivity index (χ0v) is 14.4. The number of hydrogen-bond acceptors (Lipinski definition) is 4. The number of nitrogens with zero attached hydrogens (tertiary/aromatic N) is 1. The van der Waals surface area contributed by atoms with Gasteiger partial charge in [0, 0.05) is 12.1 Å². The highest BCUT2D eigenvalue weighted by Crippen LogP contribution is 2.40. The Morgan fingerprint density at radius 3 is 2.48 bits per heavy atom. The molecular weight excluding hydrogens is 320 g/mol. The highest BCUT2D eigenvalue weighted by molar-refractivity contribution is 5.87. The largest absolute Gasteiger partial charge is 0.497 e. The van der Waals surface area contributed by atoms with E-state index in [2.05, 4.69) is 5.32 Å². The topological polar surface area (TPSA) is 67.9 Å². The highest BCUT2D eigenvalue weighted by Gasteiger charge is 2.47. The number of morpholine rings is 1. The predicted molar refractivity (Wildman–Crippen MR) is 91.1 cm³/mol. The first-order chi connectivity index (χ1) is 12.2. The van der Waals surface area contributed by atoms with Gasteiger partial charge in [0.2, 0.25) is 5.91 Å². The molecule has 0 radical (unpaired) electrons. The van der Waals surface area contributed by atoms with E-state index in [9.17, 15) is 9.59 Å². The van der Waals surface area contributed by atoms with Crippen molar-refractivity contribution in [2.75, 3.05) is 13.7 Å². The molecule has 1 heterocycles. The van der Waals surface area contributed by atoms with E-state index in [1.807, 2.05) is 29.2 Å². The van der Waals surface area contributed by atoms with Gasteiger partial charge in [-0.15, -0.1) is 0 Å². The molecule has 1 aromatic rings. The van der Waals surface area contributed by atoms with Gasteiger partial charge in [0.05, 0.1) is 13.2 Å². The number of ether oxygens (including phenoxy) is 2. The Bertz CT molecular complexity index is 652. The van der Waals surface area contributed by atoms with Crippen molar-refractivity contribution in [3.8, 4) is 5.75 Å². The first kappa shape index (κ1) is 16.4. The number of nitrogens with one attached hydrogen (secondary N) is 1. The van der Waals surface area contributed by atoms with E-state index >= 15 is 0 Å². The van der Waals surface area contributed by atoms with Crippen LogP contribution in [-0.4, -0.2) is 48.6 Å². The number of rotatable bonds is 5. The average Bonchev–Trinajstić information content (AvgIpc) is 3.42. The van der Waals surface area contributed by atoms with Gasteiger partial charge in [-0.1, -0.05) is 12.1 Å². The molecule has 25 heavy (non-hydrogen) atoms. The molecule has 2 amide bonds. The van der Waals surface area contributed by atoms with Crippen LogP contribution in [0.2, 0.25) is 0 Å². The van der Waals surface area contributed by atoms with Crippen LogP contribution in [0.5, 0.6) is 5.75 Å². The van der Waals surface area contributed by atoms with Crippen molar-refractivity contribution in [2.24, 2.45) is 0 Å². The quantitative estimate of drug-likeness (QED) is 0.884. The second-order valence-electron chi connectivity index (χ2n) is 7.12. The Balaban J connectivity index is 1.62. The summed E-state index contributed by atoms with van der Waals surface area (Å²) in [4.78, 5) is 27.2. The molecule has 4 rings (SSSR count). The molecule has 3 aliphatic rings. The third-order valence-electron chi connectivity index (χ3n) is 5.37. The SMILES string of the molecule is COc1ccc([C@@H]2[C@@H](C(=O)NC3CCC3)OCC(=O)N2C2CC2)cc1. The zero-order chi connectivity index (χ0) is 17.4. The molecule has 0 spiro atoms. The minimum absolute atomic E-state index is 0.0219. The van der Waals surface area contributed by atoms with Crippen molar-refractivity contribution in [2.45, 2.75) is 56.3 Å². The van der Waals surface area contributed by atoms with E-state index in [4.69, 9.17) is 9.47 Å². The Labute approximate surface area is 147 Å². The minimum atomic E-state index is -0.660. The summed E-state index contributed by atoms with van der Waals surface area (Å²) in [6, 6.07) is 7.66. The van der Waals surface area contributed by atoms with E-state index in [1.165, 1.54) is 0 Å². The van der Waals surface area contributed by atoms with Crippen LogP contribution in [0, 0.1) is 0 Å². The Kier molecular flexibility index (Phi) is 4.37. The van der Waals surface area contributed by atoms with E-state index in [-0.39, 0.29) is 36.5 Å². The maximum Gasteiger partial charge on any atom is 0.251 e. The van der Waals surface area contributed by atoms with Gasteiger partial charge in [-0.2, -0.15) is 0 Å². The summed E-state index contributed by atoms with van der Waals surface area (Å²) in [5, 5.41) is 3.08. The standard InChI is InChI=1S/C19H24N2O4/c1-24-15-9-5-12(6-10-15)17-18(19(23)20-13-3-2-4-13)25-11-16(22)21(17)14-7-8-14/h5-6,9-10,13-14,17-18H,2-4,7-8,11H2,1H3,(H,20,23)/t17-,18+/m1/s1. The molecule has 2 aliphatic carbocycles. The summed E-state index contributed by atoms with van der Waals surface area (Å²) >= 11 is 0. The van der Waals surface area contributed by atoms with Crippen molar-refractivity contribution < 1.29 is 19.1 Å². The lowest BCUT2D eigenvalue weighted by molar-refractivity contribution is -0.165. The van der Waals surface area contributed by atoms with Gasteiger partial charge in [-0.25, -0.2) is 0 Å². The lowest BCUT2D eigenvalue weighted by Gasteiger charge is -2.41. The second kappa shape index (κ2) is 6.67. The van der Waals surface area contributed by atoms with Gasteiger partial charge in [0.15, 0.2) is 6.10 Å². The van der Waals surface area contributed by atoms with Crippen molar-refractivity contribution >= 4 is 11.8 Å². The Hall–Kier alpha value is -2.08. The van der Waals surface area contributed by atoms with Crippen LogP contribution in [0.1, 0.15) is 43.7 Å². The van der Waals surface area contributed by atoms with E-state index < -0.39 is 6.10 Å². The fourth-order valence-corrected chi connectivity index (χ4v) is 3.60. The van der Waals surface area contributed by atoms with Crippen LogP contribution < -0.4 is 10.1 Å². The predicted octanol–water partition coefficient (Wildman–Crippen LogP) is 1.79. The fraction of sp³-hybridized carbons (Fsp3) is 0.579. The molecule has 1 aliphatic heterocycles. The first-order valence-electron chi connectivity index (χ1n) is 9.04. The van der Waals surface area contributed by atoms with Gasteiger partial charge in [-0.05, 0) is 49.8 Å². The summed E-state index contributed by atoms with van der Waals surface area (Å²) in [6.07, 6.45) is 4.54. The zero-order valence-electron chi connectivity index (χ0n) is 14.4. The maximum atomic E-state index is 12.8. The molecule has 6 nitrogen and oxygen atoms in total. The second-order valence-corrected chi connectivity index (χ2v) is 7.12. The number of carbonyl (C=O) groups excluding carboxylic acids is 2. The van der Waals surface area contributed by atoms with Crippen LogP contribution in [0.3, 0.4) is 0 Å². The van der Waals surface area contributed by atoms with E-state index in [0.717, 1.165) is 43.4 Å². The van der Waals surface area contributed by atoms with Crippen LogP contribution in [-0.2, 0) is 14.3 Å². The summed E-state index contributed by atoms with van der Waals surface area (Å²) < 4.78 is 10.9. The van der Waals surface area contributed by atoms with E-state index in [0.29, 0.717) is 0 Å². The lowest BCUT2D eigenvalue weighted by atomic mass is 9.91. The summed E-state index contributed by atoms with van der Waals surface area (Å²) in [7, 11) is 1.62. The Morgan fingerprint density at radius 1 is 1.20 bits per heavy atom. The Morgan fingerprint density at radius 2 is 1.92 bits per heavy atom. The molecule has 0 aromatic heterocycles. The van der Waals surface area contributed by atoms with Crippen molar-refractivity contribution in [1.29, 1.82) is 0 Å². The molecule has 0 unspecified atom stereocenters. The van der Waals surface area contributed by atoms with Crippen LogP contribution in [0.25, 0.3) is 0 Å². The monoisotopic (exact) mass is 344 g/mol. The first-order valence-corrected chi connectivity index (χ1v) is 9.04. The third-order valence-corrected chi connectivity index (χ3v) is 5.37. The number of methoxy groups -OCH3 is 1. The molecule has 0 bridgehead atoms. The smallest absolute Gasteiger partial charge is 0.251 e. The third kappa shape index (κ3) is 3.23. The molecule has 1 aromatic carbocycles. The van der Waals surface area contributed by atoms with Gasteiger partial charge in [0.1, 0.15) is 12.4 Å². The lowest BCUT2D eigenvalue weighted by Crippen LogP contribution is -2.56. The molecular formula is C19H24N2O4. The summed E-state index contributed by atoms with van der Waals surface area (Å²) in [5.41, 5.74) is 0.912. The molecule has 1 saturated heterocycles. The normalized spacial score (nSPS) is 26.9. The van der Waals surface area contributed by atoms with Gasteiger partial charge in [-0.3, -0.25) is 9.59 Å². The molecule has 134 valence electrons. The minimum Gasteiger partial charge on any atom is -0.497 e. The average molecular weight is 344 g/mol. The number of hydrogen-bond donors (Lipinski definition) is 1. The molecule has 2 atom stereocenters. The summed E-state index contributed by atoms with van der Waals surface area (Å²) in [5.74, 6) is 0.611. The number of amides is 2. The van der Waals surface area contributed by atoms with Crippen molar-refractivity contribution in [1.82, 2.24) is 10.2 Å². The molecule has 1 N–H and O–H groups in total. The van der Waals surface area contributed by atoms with E-state index in [1.54, 1.807) is 7.11 Å². The van der Waals surface area contributed by atoms with Crippen LogP contribution in [0.4, 0.5) is 0 Å². The van der Waals surface area contributed by atoms with Crippen molar-refractivity contribution in [3.63, 3.8) is 0 Å².